The Hall–Kier alpha value is -0.890. The maximum absolute atomic E-state index is 4.13. The molecule has 0 atom stereocenters. The van der Waals surface area contributed by atoms with E-state index in [9.17, 15) is 0 Å². The largest absolute Gasteiger partial charge is 0.316 e. The summed E-state index contributed by atoms with van der Waals surface area (Å²) in [6.07, 6.45) is 9.56. The minimum absolute atomic E-state index is 0.412. The summed E-state index contributed by atoms with van der Waals surface area (Å²) in [4.78, 5) is 4.13. The molecule has 3 rings (SSSR count). The van der Waals surface area contributed by atoms with E-state index in [1.807, 2.05) is 12.4 Å². The molecule has 1 N–H and O–H groups in total. The van der Waals surface area contributed by atoms with Crippen molar-refractivity contribution in [3.63, 3.8) is 0 Å². The average molecular weight is 216 g/mol. The van der Waals surface area contributed by atoms with Crippen LogP contribution in [0.5, 0.6) is 0 Å². The molecule has 1 aromatic rings. The maximum Gasteiger partial charge on any atom is 0.0270 e. The van der Waals surface area contributed by atoms with Crippen LogP contribution in [0.15, 0.2) is 24.5 Å². The molecule has 2 heteroatoms. The Morgan fingerprint density at radius 2 is 1.94 bits per heavy atom. The van der Waals surface area contributed by atoms with Crippen LogP contribution in [-0.4, -0.2) is 18.1 Å². The number of likely N-dealkylation sites (N-methyl/N-ethyl adjacent to an activating group) is 1. The molecule has 0 unspecified atom stereocenters. The lowest BCUT2D eigenvalue weighted by atomic mass is 9.56. The summed E-state index contributed by atoms with van der Waals surface area (Å²) in [5.41, 5.74) is 2.65. The van der Waals surface area contributed by atoms with Gasteiger partial charge in [-0.25, -0.2) is 0 Å². The normalized spacial score (nSPS) is 24.1. The molecule has 0 saturated heterocycles. The average Bonchev–Trinajstić information content (AvgIpc) is 3.06. The molecule has 2 nitrogen and oxygen atoms in total. The second-order valence-electron chi connectivity index (χ2n) is 5.65. The third kappa shape index (κ3) is 1.56. The Bertz CT molecular complexity index is 360. The van der Waals surface area contributed by atoms with Crippen molar-refractivity contribution in [2.75, 3.05) is 13.1 Å². The number of pyridine rings is 1. The monoisotopic (exact) mass is 216 g/mol. The first-order valence-corrected chi connectivity index (χ1v) is 6.40. The zero-order valence-electron chi connectivity index (χ0n) is 10.00. The number of hydrogen-bond donors (Lipinski definition) is 1. The van der Waals surface area contributed by atoms with Crippen molar-refractivity contribution in [1.29, 1.82) is 0 Å². The van der Waals surface area contributed by atoms with Crippen molar-refractivity contribution in [3.05, 3.63) is 30.1 Å². The predicted octanol–water partition coefficient (Wildman–Crippen LogP) is 2.50. The molecular weight excluding hydrogens is 196 g/mol. The first-order chi connectivity index (χ1) is 7.79. The predicted molar refractivity (Wildman–Crippen MR) is 65.4 cm³/mol. The van der Waals surface area contributed by atoms with Crippen LogP contribution in [-0.2, 0) is 5.41 Å². The maximum atomic E-state index is 4.13. The van der Waals surface area contributed by atoms with Crippen LogP contribution in [0.25, 0.3) is 0 Å². The van der Waals surface area contributed by atoms with Gasteiger partial charge in [-0.2, -0.15) is 0 Å². The van der Waals surface area contributed by atoms with E-state index < -0.39 is 0 Å². The van der Waals surface area contributed by atoms with Crippen molar-refractivity contribution in [2.24, 2.45) is 5.41 Å². The van der Waals surface area contributed by atoms with Gasteiger partial charge in [0.1, 0.15) is 0 Å². The summed E-state index contributed by atoms with van der Waals surface area (Å²) in [7, 11) is 0. The highest BCUT2D eigenvalue weighted by Crippen LogP contribution is 2.68. The SMILES string of the molecule is CCNCC1(c2ccncc2)CC2(CC2)C1. The molecule has 0 radical (unpaired) electrons. The highest BCUT2D eigenvalue weighted by atomic mass is 14.9. The molecule has 0 aromatic carbocycles. The van der Waals surface area contributed by atoms with Crippen LogP contribution in [0.2, 0.25) is 0 Å². The molecule has 16 heavy (non-hydrogen) atoms. The summed E-state index contributed by atoms with van der Waals surface area (Å²) in [5, 5.41) is 3.53. The van der Waals surface area contributed by atoms with E-state index in [-0.39, 0.29) is 0 Å². The highest BCUT2D eigenvalue weighted by Gasteiger charge is 2.60. The van der Waals surface area contributed by atoms with Crippen molar-refractivity contribution in [2.45, 2.75) is 38.0 Å². The fourth-order valence-corrected chi connectivity index (χ4v) is 3.42. The summed E-state index contributed by atoms with van der Waals surface area (Å²) >= 11 is 0. The van der Waals surface area contributed by atoms with E-state index in [1.165, 1.54) is 31.2 Å². The third-order valence-corrected chi connectivity index (χ3v) is 4.39. The van der Waals surface area contributed by atoms with Crippen molar-refractivity contribution >= 4 is 0 Å². The number of nitrogens with zero attached hydrogens (tertiary/aromatic N) is 1. The lowest BCUT2D eigenvalue weighted by molar-refractivity contribution is 0.117. The topological polar surface area (TPSA) is 24.9 Å². The van der Waals surface area contributed by atoms with Crippen LogP contribution in [0.1, 0.15) is 38.2 Å². The van der Waals surface area contributed by atoms with Gasteiger partial charge < -0.3 is 5.32 Å². The number of hydrogen-bond acceptors (Lipinski definition) is 2. The lowest BCUT2D eigenvalue weighted by Gasteiger charge is -2.49. The molecular formula is C14H20N2. The van der Waals surface area contributed by atoms with E-state index in [0.717, 1.165) is 18.5 Å². The number of nitrogens with one attached hydrogen (secondary N) is 1. The van der Waals surface area contributed by atoms with E-state index in [4.69, 9.17) is 0 Å². The van der Waals surface area contributed by atoms with Gasteiger partial charge in [0.05, 0.1) is 0 Å². The van der Waals surface area contributed by atoms with Gasteiger partial charge >= 0.3 is 0 Å². The Labute approximate surface area is 97.5 Å². The number of rotatable bonds is 4. The van der Waals surface area contributed by atoms with E-state index in [2.05, 4.69) is 29.4 Å². The van der Waals surface area contributed by atoms with Crippen LogP contribution in [0.3, 0.4) is 0 Å². The molecule has 0 amide bonds. The van der Waals surface area contributed by atoms with Crippen molar-refractivity contribution in [1.82, 2.24) is 10.3 Å². The molecule has 0 aliphatic heterocycles. The van der Waals surface area contributed by atoms with Crippen molar-refractivity contribution < 1.29 is 0 Å². The summed E-state index contributed by atoms with van der Waals surface area (Å²) in [6.45, 7) is 4.39. The molecule has 1 spiro atoms. The minimum atomic E-state index is 0.412. The summed E-state index contributed by atoms with van der Waals surface area (Å²) in [6, 6.07) is 4.40. The van der Waals surface area contributed by atoms with Crippen LogP contribution >= 0.6 is 0 Å². The van der Waals surface area contributed by atoms with Gasteiger partial charge in [0.25, 0.3) is 0 Å². The molecule has 86 valence electrons. The summed E-state index contributed by atoms with van der Waals surface area (Å²) < 4.78 is 0. The van der Waals surface area contributed by atoms with E-state index in [0.29, 0.717) is 5.41 Å². The molecule has 0 bridgehead atoms. The third-order valence-electron chi connectivity index (χ3n) is 4.39. The van der Waals surface area contributed by atoms with Gasteiger partial charge in [0.15, 0.2) is 0 Å². The van der Waals surface area contributed by atoms with E-state index in [1.54, 1.807) is 0 Å². The van der Waals surface area contributed by atoms with Gasteiger partial charge in [0.2, 0.25) is 0 Å². The smallest absolute Gasteiger partial charge is 0.0270 e. The van der Waals surface area contributed by atoms with Gasteiger partial charge in [-0.05, 0) is 55.3 Å². The minimum Gasteiger partial charge on any atom is -0.316 e. The van der Waals surface area contributed by atoms with Crippen LogP contribution in [0.4, 0.5) is 0 Å². The van der Waals surface area contributed by atoms with E-state index >= 15 is 0 Å². The van der Waals surface area contributed by atoms with Gasteiger partial charge in [-0.3, -0.25) is 4.98 Å². The van der Waals surface area contributed by atoms with Crippen molar-refractivity contribution in [3.8, 4) is 0 Å². The Balaban J connectivity index is 1.80. The Morgan fingerprint density at radius 3 is 2.50 bits per heavy atom. The molecule has 2 aliphatic rings. The second-order valence-corrected chi connectivity index (χ2v) is 5.65. The van der Waals surface area contributed by atoms with Gasteiger partial charge in [0, 0.05) is 24.4 Å². The fraction of sp³-hybridized carbons (Fsp3) is 0.643. The fourth-order valence-electron chi connectivity index (χ4n) is 3.42. The summed E-state index contributed by atoms with van der Waals surface area (Å²) in [5.74, 6) is 0. The number of aromatic nitrogens is 1. The lowest BCUT2D eigenvalue weighted by Crippen LogP contribution is -2.49. The second kappa shape index (κ2) is 3.56. The van der Waals surface area contributed by atoms with Crippen LogP contribution in [0, 0.1) is 5.41 Å². The standard InChI is InChI=1S/C14H20N2/c1-2-15-11-14(9-13(10-14)5-6-13)12-3-7-16-8-4-12/h3-4,7-8,15H,2,5-6,9-11H2,1H3. The zero-order valence-corrected chi connectivity index (χ0v) is 10.00. The molecule has 2 saturated carbocycles. The molecule has 1 heterocycles. The molecule has 2 fully saturated rings. The first-order valence-electron chi connectivity index (χ1n) is 6.40. The van der Waals surface area contributed by atoms with Crippen LogP contribution < -0.4 is 5.32 Å². The van der Waals surface area contributed by atoms with Gasteiger partial charge in [-0.15, -0.1) is 0 Å². The first kappa shape index (κ1) is 10.3. The Kier molecular flexibility index (Phi) is 2.28. The van der Waals surface area contributed by atoms with Gasteiger partial charge in [-0.1, -0.05) is 6.92 Å². The molecule has 2 aliphatic carbocycles. The molecule has 1 aromatic heterocycles. The highest BCUT2D eigenvalue weighted by molar-refractivity contribution is 5.32. The zero-order chi connectivity index (χ0) is 11.1. The quantitative estimate of drug-likeness (QED) is 0.836. The Morgan fingerprint density at radius 1 is 1.25 bits per heavy atom.